The molecule has 160 valence electrons. The molecule has 2 unspecified atom stereocenters. The zero-order valence-corrected chi connectivity index (χ0v) is 17.4. The molecule has 8 heteroatoms. The summed E-state index contributed by atoms with van der Waals surface area (Å²) in [5.41, 5.74) is 1.02. The van der Waals surface area contributed by atoms with E-state index in [0.29, 0.717) is 29.5 Å². The minimum absolute atomic E-state index is 0.0685. The number of nitrogens with one attached hydrogen (secondary N) is 1. The third-order valence-corrected chi connectivity index (χ3v) is 5.75. The molecular formula is C22H26ClN3O4. The van der Waals surface area contributed by atoms with Gasteiger partial charge in [-0.2, -0.15) is 0 Å². The summed E-state index contributed by atoms with van der Waals surface area (Å²) in [6, 6.07) is 9.10. The van der Waals surface area contributed by atoms with Crippen molar-refractivity contribution in [2.24, 2.45) is 0 Å². The van der Waals surface area contributed by atoms with Gasteiger partial charge < -0.3 is 24.8 Å². The van der Waals surface area contributed by atoms with Crippen LogP contribution in [0.2, 0.25) is 5.02 Å². The minimum atomic E-state index is -0.578. The van der Waals surface area contributed by atoms with Crippen LogP contribution in [-0.4, -0.2) is 65.4 Å². The molecule has 2 aliphatic heterocycles. The molecule has 1 amide bonds. The van der Waals surface area contributed by atoms with Crippen molar-refractivity contribution >= 4 is 17.5 Å². The summed E-state index contributed by atoms with van der Waals surface area (Å²) in [5, 5.41) is 14.0. The Bertz CT molecular complexity index is 831. The number of β-amino-alcohol motifs (C(OH)–C–C–N with tert-alkyl or cyclic N) is 1. The van der Waals surface area contributed by atoms with Gasteiger partial charge in [-0.05, 0) is 43.2 Å². The van der Waals surface area contributed by atoms with Crippen molar-refractivity contribution in [1.82, 2.24) is 15.2 Å². The maximum atomic E-state index is 12.5. The van der Waals surface area contributed by atoms with E-state index in [1.807, 2.05) is 6.07 Å². The Kier molecular flexibility index (Phi) is 6.72. The number of pyridine rings is 1. The van der Waals surface area contributed by atoms with Crippen LogP contribution in [0.3, 0.4) is 0 Å². The number of benzene rings is 1. The lowest BCUT2D eigenvalue weighted by Gasteiger charge is -2.33. The van der Waals surface area contributed by atoms with E-state index < -0.39 is 12.2 Å². The average Bonchev–Trinajstić information content (AvgIpc) is 3.19. The molecule has 3 heterocycles. The Morgan fingerprint density at radius 2 is 2.07 bits per heavy atom. The van der Waals surface area contributed by atoms with Crippen molar-refractivity contribution in [2.75, 3.05) is 26.2 Å². The van der Waals surface area contributed by atoms with E-state index in [1.165, 1.54) is 0 Å². The van der Waals surface area contributed by atoms with Crippen molar-refractivity contribution in [1.29, 1.82) is 0 Å². The molecule has 0 spiro atoms. The van der Waals surface area contributed by atoms with Gasteiger partial charge >= 0.3 is 0 Å². The number of aliphatic hydroxyl groups excluding tert-OH is 1. The van der Waals surface area contributed by atoms with Gasteiger partial charge in [0.25, 0.3) is 5.91 Å². The van der Waals surface area contributed by atoms with Crippen LogP contribution in [0.25, 0.3) is 0 Å². The fourth-order valence-electron chi connectivity index (χ4n) is 3.85. The molecule has 2 aromatic rings. The van der Waals surface area contributed by atoms with Crippen LogP contribution in [0, 0.1) is 0 Å². The molecule has 30 heavy (non-hydrogen) atoms. The minimum Gasteiger partial charge on any atom is -0.491 e. The summed E-state index contributed by atoms with van der Waals surface area (Å²) >= 11 is 5.86. The quantitative estimate of drug-likeness (QED) is 0.698. The zero-order valence-electron chi connectivity index (χ0n) is 16.7. The highest BCUT2D eigenvalue weighted by Gasteiger charge is 2.31. The summed E-state index contributed by atoms with van der Waals surface area (Å²) < 4.78 is 11.3. The first-order chi connectivity index (χ1) is 14.6. The standard InChI is InChI=1S/C22H26ClN3O4/c23-16-1-3-19(4-2-16)29-14-18(27)13-26-9-6-17(7-10-26)25-22(28)20-11-15-5-8-24-12-21(15)30-20/h1-5,8,12,17-18,20,27H,6-7,9-11,13-14H2,(H,25,28). The van der Waals surface area contributed by atoms with Gasteiger partial charge in [0, 0.05) is 48.9 Å². The van der Waals surface area contributed by atoms with Crippen molar-refractivity contribution in [3.05, 3.63) is 53.3 Å². The normalized spacial score (nSPS) is 20.3. The van der Waals surface area contributed by atoms with E-state index in [2.05, 4.69) is 15.2 Å². The van der Waals surface area contributed by atoms with E-state index in [4.69, 9.17) is 21.1 Å². The molecule has 2 atom stereocenters. The lowest BCUT2D eigenvalue weighted by molar-refractivity contribution is -0.128. The highest BCUT2D eigenvalue weighted by atomic mass is 35.5. The van der Waals surface area contributed by atoms with Gasteiger partial charge in [0.2, 0.25) is 0 Å². The number of halogens is 1. The lowest BCUT2D eigenvalue weighted by atomic mass is 10.0. The molecule has 4 rings (SSSR count). The number of ether oxygens (including phenoxy) is 2. The van der Waals surface area contributed by atoms with E-state index in [1.54, 1.807) is 36.7 Å². The fraction of sp³-hybridized carbons (Fsp3) is 0.455. The second-order valence-electron chi connectivity index (χ2n) is 7.80. The van der Waals surface area contributed by atoms with Gasteiger partial charge in [-0.25, -0.2) is 0 Å². The number of likely N-dealkylation sites (tertiary alicyclic amines) is 1. The van der Waals surface area contributed by atoms with Crippen molar-refractivity contribution in [2.45, 2.75) is 37.5 Å². The molecule has 0 aliphatic carbocycles. The van der Waals surface area contributed by atoms with Crippen molar-refractivity contribution < 1.29 is 19.4 Å². The first kappa shape index (κ1) is 20.9. The molecule has 2 aliphatic rings. The third kappa shape index (κ3) is 5.41. The molecule has 0 saturated carbocycles. The average molecular weight is 432 g/mol. The van der Waals surface area contributed by atoms with Crippen LogP contribution in [0.1, 0.15) is 18.4 Å². The van der Waals surface area contributed by atoms with E-state index in [9.17, 15) is 9.90 Å². The molecule has 0 radical (unpaired) electrons. The maximum Gasteiger partial charge on any atom is 0.261 e. The van der Waals surface area contributed by atoms with Gasteiger partial charge in [-0.15, -0.1) is 0 Å². The van der Waals surface area contributed by atoms with Crippen molar-refractivity contribution in [3.63, 3.8) is 0 Å². The molecule has 1 aromatic heterocycles. The Morgan fingerprint density at radius 3 is 2.80 bits per heavy atom. The number of piperidine rings is 1. The van der Waals surface area contributed by atoms with Gasteiger partial charge in [0.15, 0.2) is 6.10 Å². The Morgan fingerprint density at radius 1 is 1.30 bits per heavy atom. The highest BCUT2D eigenvalue weighted by molar-refractivity contribution is 6.30. The molecule has 0 bridgehead atoms. The molecule has 1 fully saturated rings. The number of fused-ring (bicyclic) bond motifs is 1. The van der Waals surface area contributed by atoms with Crippen LogP contribution < -0.4 is 14.8 Å². The van der Waals surface area contributed by atoms with E-state index in [0.717, 1.165) is 31.5 Å². The number of aromatic nitrogens is 1. The summed E-state index contributed by atoms with van der Waals surface area (Å²) in [4.78, 5) is 18.8. The van der Waals surface area contributed by atoms with Crippen LogP contribution in [0.15, 0.2) is 42.7 Å². The second-order valence-corrected chi connectivity index (χ2v) is 8.23. The molecule has 1 saturated heterocycles. The predicted molar refractivity (Wildman–Crippen MR) is 113 cm³/mol. The fourth-order valence-corrected chi connectivity index (χ4v) is 3.98. The first-order valence-corrected chi connectivity index (χ1v) is 10.6. The zero-order chi connectivity index (χ0) is 20.9. The number of hydrogen-bond donors (Lipinski definition) is 2. The monoisotopic (exact) mass is 431 g/mol. The van der Waals surface area contributed by atoms with Crippen LogP contribution in [0.4, 0.5) is 0 Å². The molecule has 1 aromatic carbocycles. The number of carbonyl (C=O) groups excluding carboxylic acids is 1. The molecular weight excluding hydrogens is 406 g/mol. The van der Waals surface area contributed by atoms with Gasteiger partial charge in [0.1, 0.15) is 24.2 Å². The maximum absolute atomic E-state index is 12.5. The van der Waals surface area contributed by atoms with Crippen LogP contribution in [-0.2, 0) is 11.2 Å². The number of amides is 1. The Labute approximate surface area is 181 Å². The second kappa shape index (κ2) is 9.64. The summed E-state index contributed by atoms with van der Waals surface area (Å²) in [5.74, 6) is 1.32. The Hall–Kier alpha value is -2.35. The van der Waals surface area contributed by atoms with Gasteiger partial charge in [0.05, 0.1) is 6.20 Å². The van der Waals surface area contributed by atoms with Gasteiger partial charge in [-0.3, -0.25) is 9.78 Å². The van der Waals surface area contributed by atoms with Crippen LogP contribution in [0.5, 0.6) is 11.5 Å². The lowest BCUT2D eigenvalue weighted by Crippen LogP contribution is -2.49. The number of carbonyl (C=O) groups is 1. The predicted octanol–water partition coefficient (Wildman–Crippen LogP) is 2.06. The largest absolute Gasteiger partial charge is 0.491 e. The van der Waals surface area contributed by atoms with Gasteiger partial charge in [-0.1, -0.05) is 11.6 Å². The summed E-state index contributed by atoms with van der Waals surface area (Å²) in [7, 11) is 0. The smallest absolute Gasteiger partial charge is 0.261 e. The third-order valence-electron chi connectivity index (χ3n) is 5.50. The number of hydrogen-bond acceptors (Lipinski definition) is 6. The van der Waals surface area contributed by atoms with E-state index >= 15 is 0 Å². The first-order valence-electron chi connectivity index (χ1n) is 10.3. The molecule has 2 N–H and O–H groups in total. The number of aliphatic hydroxyl groups is 1. The SMILES string of the molecule is O=C(NC1CCN(CC(O)COc2ccc(Cl)cc2)CC1)C1Cc2ccncc2O1. The summed E-state index contributed by atoms with van der Waals surface area (Å²) in [6.07, 6.45) is 4.59. The van der Waals surface area contributed by atoms with Crippen molar-refractivity contribution in [3.8, 4) is 11.5 Å². The highest BCUT2D eigenvalue weighted by Crippen LogP contribution is 2.27. The van der Waals surface area contributed by atoms with Crippen LogP contribution >= 0.6 is 11.6 Å². The molecule has 7 nitrogen and oxygen atoms in total. The summed E-state index contributed by atoms with van der Waals surface area (Å²) in [6.45, 7) is 2.41. The number of rotatable bonds is 7. The number of nitrogens with zero attached hydrogens (tertiary/aromatic N) is 2. The van der Waals surface area contributed by atoms with E-state index in [-0.39, 0.29) is 18.6 Å². The topological polar surface area (TPSA) is 83.9 Å². The Balaban J connectivity index is 1.15.